The Morgan fingerprint density at radius 3 is 2.89 bits per heavy atom. The zero-order chi connectivity index (χ0) is 6.69. The highest BCUT2D eigenvalue weighted by molar-refractivity contribution is 5.54. The third-order valence-corrected chi connectivity index (χ3v) is 1.11. The first-order chi connectivity index (χ1) is 4.34. The Morgan fingerprint density at radius 2 is 2.44 bits per heavy atom. The minimum Gasteiger partial charge on any atom is -0.506 e. The molecule has 0 spiro atoms. The molecule has 0 bridgehead atoms. The standard InChI is InChI=1S/C7H8NO/c1-8-6-4-2-3-5-7(6)9/h3-5,8-9H,1H3. The fourth-order valence-corrected chi connectivity index (χ4v) is 0.622. The molecule has 1 rings (SSSR count). The van der Waals surface area contributed by atoms with Crippen LogP contribution >= 0.6 is 0 Å². The number of nitrogens with one attached hydrogen (secondary N) is 1. The van der Waals surface area contributed by atoms with Crippen LogP contribution in [0.25, 0.3) is 0 Å². The van der Waals surface area contributed by atoms with Crippen LogP contribution in [-0.4, -0.2) is 12.2 Å². The second-order valence-corrected chi connectivity index (χ2v) is 1.69. The highest BCUT2D eigenvalue weighted by Crippen LogP contribution is 2.19. The van der Waals surface area contributed by atoms with Gasteiger partial charge in [0, 0.05) is 7.05 Å². The van der Waals surface area contributed by atoms with Gasteiger partial charge in [-0.3, -0.25) is 0 Å². The summed E-state index contributed by atoms with van der Waals surface area (Å²) in [6.45, 7) is 0. The summed E-state index contributed by atoms with van der Waals surface area (Å²) in [4.78, 5) is 0. The smallest absolute Gasteiger partial charge is 0.138 e. The molecule has 1 radical (unpaired) electrons. The van der Waals surface area contributed by atoms with E-state index in [0.29, 0.717) is 5.69 Å². The summed E-state index contributed by atoms with van der Waals surface area (Å²) in [7, 11) is 1.75. The Morgan fingerprint density at radius 1 is 1.67 bits per heavy atom. The van der Waals surface area contributed by atoms with Crippen molar-refractivity contribution < 1.29 is 5.11 Å². The van der Waals surface area contributed by atoms with E-state index >= 15 is 0 Å². The van der Waals surface area contributed by atoms with Crippen LogP contribution in [0.15, 0.2) is 18.2 Å². The van der Waals surface area contributed by atoms with Crippen molar-refractivity contribution in [3.8, 4) is 5.75 Å². The van der Waals surface area contributed by atoms with E-state index in [1.165, 1.54) is 0 Å². The maximum atomic E-state index is 9.03. The van der Waals surface area contributed by atoms with Crippen molar-refractivity contribution in [2.75, 3.05) is 12.4 Å². The number of phenols is 1. The predicted octanol–water partition coefficient (Wildman–Crippen LogP) is 1.23. The van der Waals surface area contributed by atoms with Crippen LogP contribution < -0.4 is 5.32 Å². The van der Waals surface area contributed by atoms with Crippen LogP contribution in [0.1, 0.15) is 0 Å². The van der Waals surface area contributed by atoms with Gasteiger partial charge in [0.2, 0.25) is 0 Å². The summed E-state index contributed by atoms with van der Waals surface area (Å²) in [5.41, 5.74) is 0.706. The van der Waals surface area contributed by atoms with E-state index in [1.807, 2.05) is 0 Å². The minimum absolute atomic E-state index is 0.260. The number of hydrogen-bond donors (Lipinski definition) is 2. The van der Waals surface area contributed by atoms with E-state index in [1.54, 1.807) is 25.2 Å². The number of benzene rings is 1. The van der Waals surface area contributed by atoms with Crippen molar-refractivity contribution in [1.82, 2.24) is 0 Å². The number of aromatic hydroxyl groups is 1. The molecule has 0 aromatic heterocycles. The van der Waals surface area contributed by atoms with Gasteiger partial charge in [-0.2, -0.15) is 0 Å². The van der Waals surface area contributed by atoms with E-state index in [9.17, 15) is 0 Å². The first-order valence-corrected chi connectivity index (χ1v) is 2.71. The summed E-state index contributed by atoms with van der Waals surface area (Å²) in [5, 5.41) is 11.8. The average Bonchev–Trinajstić information content (AvgIpc) is 1.89. The van der Waals surface area contributed by atoms with Gasteiger partial charge in [0.05, 0.1) is 5.69 Å². The van der Waals surface area contributed by atoms with Gasteiger partial charge in [0.25, 0.3) is 0 Å². The van der Waals surface area contributed by atoms with E-state index in [0.717, 1.165) is 0 Å². The average molecular weight is 122 g/mol. The maximum Gasteiger partial charge on any atom is 0.138 e. The SMILES string of the molecule is CNc1c[c]ccc1O. The predicted molar refractivity (Wildman–Crippen MR) is 36.5 cm³/mol. The second-order valence-electron chi connectivity index (χ2n) is 1.69. The molecule has 2 N–H and O–H groups in total. The Labute approximate surface area is 54.1 Å². The molecule has 47 valence electrons. The number of phenolic OH excluding ortho intramolecular Hbond substituents is 1. The van der Waals surface area contributed by atoms with Gasteiger partial charge < -0.3 is 10.4 Å². The Kier molecular flexibility index (Phi) is 1.58. The molecule has 0 heterocycles. The summed E-state index contributed by atoms with van der Waals surface area (Å²) >= 11 is 0. The van der Waals surface area contributed by atoms with Gasteiger partial charge >= 0.3 is 0 Å². The molecule has 1 aromatic carbocycles. The summed E-state index contributed by atoms with van der Waals surface area (Å²) < 4.78 is 0. The molecular formula is C7H8NO. The van der Waals surface area contributed by atoms with E-state index < -0.39 is 0 Å². The fourth-order valence-electron chi connectivity index (χ4n) is 0.622. The summed E-state index contributed by atoms with van der Waals surface area (Å²) in [6, 6.07) is 7.77. The van der Waals surface area contributed by atoms with Crippen molar-refractivity contribution in [2.24, 2.45) is 0 Å². The molecule has 1 aromatic rings. The highest BCUT2D eigenvalue weighted by atomic mass is 16.3. The molecule has 0 atom stereocenters. The van der Waals surface area contributed by atoms with Gasteiger partial charge in [-0.1, -0.05) is 6.07 Å². The minimum atomic E-state index is 0.260. The van der Waals surface area contributed by atoms with Crippen molar-refractivity contribution >= 4 is 5.69 Å². The molecular weight excluding hydrogens is 114 g/mol. The first kappa shape index (κ1) is 5.95. The van der Waals surface area contributed by atoms with E-state index in [-0.39, 0.29) is 5.75 Å². The molecule has 0 unspecified atom stereocenters. The molecule has 0 amide bonds. The van der Waals surface area contributed by atoms with E-state index in [2.05, 4.69) is 11.4 Å². The van der Waals surface area contributed by atoms with Crippen molar-refractivity contribution in [1.29, 1.82) is 0 Å². The van der Waals surface area contributed by atoms with Crippen LogP contribution in [0.5, 0.6) is 5.75 Å². The molecule has 2 heteroatoms. The normalized spacial score (nSPS) is 9.00. The van der Waals surface area contributed by atoms with Gasteiger partial charge in [0.1, 0.15) is 5.75 Å². The van der Waals surface area contributed by atoms with Crippen molar-refractivity contribution in [3.05, 3.63) is 24.3 Å². The maximum absolute atomic E-state index is 9.03. The molecule has 0 aliphatic carbocycles. The summed E-state index contributed by atoms with van der Waals surface area (Å²) in [5.74, 6) is 0.260. The zero-order valence-corrected chi connectivity index (χ0v) is 5.18. The quantitative estimate of drug-likeness (QED) is 0.549. The first-order valence-electron chi connectivity index (χ1n) is 2.71. The lowest BCUT2D eigenvalue weighted by atomic mass is 10.3. The van der Waals surface area contributed by atoms with Crippen LogP contribution in [0.3, 0.4) is 0 Å². The molecule has 0 aliphatic rings. The molecule has 0 fully saturated rings. The van der Waals surface area contributed by atoms with Crippen LogP contribution in [-0.2, 0) is 0 Å². The molecule has 0 saturated heterocycles. The van der Waals surface area contributed by atoms with Gasteiger partial charge in [-0.25, -0.2) is 0 Å². The molecule has 2 nitrogen and oxygen atoms in total. The molecule has 9 heavy (non-hydrogen) atoms. The van der Waals surface area contributed by atoms with Gasteiger partial charge in [0.15, 0.2) is 0 Å². The zero-order valence-electron chi connectivity index (χ0n) is 5.18. The van der Waals surface area contributed by atoms with Crippen LogP contribution in [0.2, 0.25) is 0 Å². The topological polar surface area (TPSA) is 32.3 Å². The largest absolute Gasteiger partial charge is 0.506 e. The molecule has 0 saturated carbocycles. The monoisotopic (exact) mass is 122 g/mol. The Hall–Kier alpha value is -1.18. The molecule has 0 aliphatic heterocycles. The van der Waals surface area contributed by atoms with Gasteiger partial charge in [-0.05, 0) is 18.2 Å². The third kappa shape index (κ3) is 1.13. The number of rotatable bonds is 1. The Bertz CT molecular complexity index is 198. The van der Waals surface area contributed by atoms with Crippen LogP contribution in [0, 0.1) is 6.07 Å². The highest BCUT2D eigenvalue weighted by Gasteiger charge is 1.92. The number of hydrogen-bond acceptors (Lipinski definition) is 2. The Balaban J connectivity index is 3.01. The van der Waals surface area contributed by atoms with Crippen molar-refractivity contribution in [3.63, 3.8) is 0 Å². The van der Waals surface area contributed by atoms with Crippen molar-refractivity contribution in [2.45, 2.75) is 0 Å². The van der Waals surface area contributed by atoms with E-state index in [4.69, 9.17) is 5.11 Å². The second kappa shape index (κ2) is 2.40. The third-order valence-electron chi connectivity index (χ3n) is 1.11. The lowest BCUT2D eigenvalue weighted by Crippen LogP contribution is -1.86. The lowest BCUT2D eigenvalue weighted by Gasteiger charge is -1.99. The lowest BCUT2D eigenvalue weighted by molar-refractivity contribution is 0.477. The van der Waals surface area contributed by atoms with Crippen LogP contribution in [0.4, 0.5) is 5.69 Å². The summed E-state index contributed by atoms with van der Waals surface area (Å²) in [6.07, 6.45) is 0. The number of anilines is 1. The van der Waals surface area contributed by atoms with Gasteiger partial charge in [-0.15, -0.1) is 0 Å². The fraction of sp³-hybridized carbons (Fsp3) is 0.143.